The van der Waals surface area contributed by atoms with E-state index in [4.69, 9.17) is 4.74 Å². The lowest BCUT2D eigenvalue weighted by atomic mass is 9.73. The average Bonchev–Trinajstić information content (AvgIpc) is 3.19. The molecule has 1 saturated heterocycles. The quantitative estimate of drug-likeness (QED) is 0.587. The summed E-state index contributed by atoms with van der Waals surface area (Å²) < 4.78 is 5.57. The Balaban J connectivity index is 1.62. The lowest BCUT2D eigenvalue weighted by Crippen LogP contribution is -3.10. The third-order valence-corrected chi connectivity index (χ3v) is 5.94. The number of hydrogen-bond acceptors (Lipinski definition) is 3. The van der Waals surface area contributed by atoms with Crippen molar-refractivity contribution in [1.82, 2.24) is 0 Å². The predicted octanol–water partition coefficient (Wildman–Crippen LogP) is 2.07. The minimum absolute atomic E-state index is 0.0413. The Bertz CT molecular complexity index is 535. The first-order chi connectivity index (χ1) is 12.2. The summed E-state index contributed by atoms with van der Waals surface area (Å²) in [7, 11) is 0. The number of benzene rings is 1. The van der Waals surface area contributed by atoms with Gasteiger partial charge in [0.2, 0.25) is 0 Å². The number of carbonyl (C=O) groups excluding carboxylic acids is 1. The number of rotatable bonds is 7. The number of carbonyl (C=O) groups is 1. The van der Waals surface area contributed by atoms with Crippen LogP contribution in [-0.4, -0.2) is 37.3 Å². The van der Waals surface area contributed by atoms with E-state index >= 15 is 0 Å². The van der Waals surface area contributed by atoms with E-state index in [9.17, 15) is 9.90 Å². The van der Waals surface area contributed by atoms with Gasteiger partial charge in [-0.2, -0.15) is 0 Å². The van der Waals surface area contributed by atoms with Crippen molar-refractivity contribution in [2.24, 2.45) is 5.92 Å². The lowest BCUT2D eigenvalue weighted by Gasteiger charge is -2.36. The molecule has 0 unspecified atom stereocenters. The molecule has 1 aliphatic carbocycles. The fourth-order valence-corrected chi connectivity index (χ4v) is 4.45. The first-order valence-corrected chi connectivity index (χ1v) is 10.00. The van der Waals surface area contributed by atoms with Gasteiger partial charge in [0, 0.05) is 25.2 Å². The van der Waals surface area contributed by atoms with Crippen molar-refractivity contribution in [3.8, 4) is 0 Å². The van der Waals surface area contributed by atoms with E-state index in [1.807, 2.05) is 30.3 Å². The standard InChI is InChI=1S/C21H31NO3/c23-20(25-17-9-16-22-14-7-8-15-22)21(24,18-10-3-1-4-11-18)19-12-5-2-6-13-19/h1,3-4,10-11,19,24H,2,5-9,12-17H2/p+1/t21-/m1/s1. The summed E-state index contributed by atoms with van der Waals surface area (Å²) >= 11 is 0. The van der Waals surface area contributed by atoms with Gasteiger partial charge in [0.1, 0.15) is 0 Å². The Morgan fingerprint density at radius 2 is 1.76 bits per heavy atom. The molecule has 3 rings (SSSR count). The molecule has 2 N–H and O–H groups in total. The first kappa shape index (κ1) is 18.4. The molecule has 1 saturated carbocycles. The van der Waals surface area contributed by atoms with Gasteiger partial charge in [-0.1, -0.05) is 49.6 Å². The van der Waals surface area contributed by atoms with E-state index in [1.54, 1.807) is 4.90 Å². The van der Waals surface area contributed by atoms with Crippen LogP contribution in [0.3, 0.4) is 0 Å². The van der Waals surface area contributed by atoms with Crippen LogP contribution in [0.5, 0.6) is 0 Å². The van der Waals surface area contributed by atoms with E-state index in [-0.39, 0.29) is 5.92 Å². The summed E-state index contributed by atoms with van der Waals surface area (Å²) in [6, 6.07) is 9.38. The SMILES string of the molecule is O=C(OCCC[NH+]1CCCC1)[C@@](O)(c1ccccc1)C1CCCCC1. The van der Waals surface area contributed by atoms with Crippen molar-refractivity contribution in [3.05, 3.63) is 35.9 Å². The van der Waals surface area contributed by atoms with Gasteiger partial charge in [-0.05, 0) is 18.4 Å². The second-order valence-electron chi connectivity index (χ2n) is 7.66. The number of likely N-dealkylation sites (tertiary alicyclic amines) is 1. The molecule has 138 valence electrons. The van der Waals surface area contributed by atoms with Crippen LogP contribution >= 0.6 is 0 Å². The highest BCUT2D eigenvalue weighted by molar-refractivity contribution is 5.81. The molecule has 1 heterocycles. The molecule has 0 radical (unpaired) electrons. The number of ether oxygens (including phenoxy) is 1. The van der Waals surface area contributed by atoms with Crippen molar-refractivity contribution < 1.29 is 19.5 Å². The maximum absolute atomic E-state index is 12.9. The highest BCUT2D eigenvalue weighted by Gasteiger charge is 2.47. The molecular formula is C21H32NO3+. The monoisotopic (exact) mass is 346 g/mol. The highest BCUT2D eigenvalue weighted by Crippen LogP contribution is 2.40. The molecule has 2 fully saturated rings. The molecule has 25 heavy (non-hydrogen) atoms. The van der Waals surface area contributed by atoms with E-state index in [2.05, 4.69) is 0 Å². The van der Waals surface area contributed by atoms with E-state index in [0.717, 1.165) is 38.6 Å². The zero-order valence-electron chi connectivity index (χ0n) is 15.2. The Hall–Kier alpha value is -1.39. The van der Waals surface area contributed by atoms with Crippen LogP contribution in [0.2, 0.25) is 0 Å². The summed E-state index contributed by atoms with van der Waals surface area (Å²) in [6.45, 7) is 3.94. The van der Waals surface area contributed by atoms with Crippen LogP contribution < -0.4 is 4.90 Å². The van der Waals surface area contributed by atoms with Crippen molar-refractivity contribution in [3.63, 3.8) is 0 Å². The summed E-state index contributed by atoms with van der Waals surface area (Å²) in [5.74, 6) is -0.498. The van der Waals surface area contributed by atoms with Gasteiger partial charge in [-0.3, -0.25) is 0 Å². The van der Waals surface area contributed by atoms with Gasteiger partial charge in [-0.15, -0.1) is 0 Å². The molecule has 0 aromatic heterocycles. The molecule has 1 atom stereocenters. The Labute approximate surface area is 151 Å². The summed E-state index contributed by atoms with van der Waals surface area (Å²) in [6.07, 6.45) is 8.61. The molecular weight excluding hydrogens is 314 g/mol. The van der Waals surface area contributed by atoms with Gasteiger partial charge in [-0.25, -0.2) is 4.79 Å². The van der Waals surface area contributed by atoms with Crippen LogP contribution in [0.4, 0.5) is 0 Å². The van der Waals surface area contributed by atoms with Gasteiger partial charge in [0.25, 0.3) is 0 Å². The second kappa shape index (κ2) is 8.81. The fraction of sp³-hybridized carbons (Fsp3) is 0.667. The van der Waals surface area contributed by atoms with Crippen molar-refractivity contribution in [2.45, 2.75) is 57.0 Å². The normalized spacial score (nSPS) is 21.8. The van der Waals surface area contributed by atoms with Gasteiger partial charge in [0.15, 0.2) is 5.60 Å². The van der Waals surface area contributed by atoms with Crippen molar-refractivity contribution in [2.75, 3.05) is 26.2 Å². The maximum Gasteiger partial charge on any atom is 0.343 e. The van der Waals surface area contributed by atoms with E-state index in [0.29, 0.717) is 12.2 Å². The molecule has 0 amide bonds. The number of quaternary nitrogens is 1. The largest absolute Gasteiger partial charge is 0.463 e. The van der Waals surface area contributed by atoms with E-state index < -0.39 is 11.6 Å². The summed E-state index contributed by atoms with van der Waals surface area (Å²) in [5.41, 5.74) is -0.820. The van der Waals surface area contributed by atoms with Crippen LogP contribution in [0.15, 0.2) is 30.3 Å². The molecule has 1 aliphatic heterocycles. The number of esters is 1. The van der Waals surface area contributed by atoms with Crippen molar-refractivity contribution >= 4 is 5.97 Å². The first-order valence-electron chi connectivity index (χ1n) is 10.00. The number of hydrogen-bond donors (Lipinski definition) is 2. The van der Waals surface area contributed by atoms with Crippen LogP contribution in [0, 0.1) is 5.92 Å². The Morgan fingerprint density at radius 3 is 2.44 bits per heavy atom. The zero-order valence-corrected chi connectivity index (χ0v) is 15.2. The minimum Gasteiger partial charge on any atom is -0.463 e. The fourth-order valence-electron chi connectivity index (χ4n) is 4.45. The molecule has 4 nitrogen and oxygen atoms in total. The third kappa shape index (κ3) is 4.42. The summed E-state index contributed by atoms with van der Waals surface area (Å²) in [4.78, 5) is 14.5. The molecule has 4 heteroatoms. The lowest BCUT2D eigenvalue weighted by molar-refractivity contribution is -0.887. The molecule has 2 aliphatic rings. The Kier molecular flexibility index (Phi) is 6.49. The van der Waals surface area contributed by atoms with Gasteiger partial charge >= 0.3 is 5.97 Å². The topological polar surface area (TPSA) is 51.0 Å². The van der Waals surface area contributed by atoms with Crippen LogP contribution in [0.1, 0.15) is 56.9 Å². The average molecular weight is 346 g/mol. The third-order valence-electron chi connectivity index (χ3n) is 5.94. The Morgan fingerprint density at radius 1 is 1.08 bits per heavy atom. The zero-order chi connectivity index (χ0) is 17.5. The second-order valence-corrected chi connectivity index (χ2v) is 7.66. The van der Waals surface area contributed by atoms with Crippen LogP contribution in [0.25, 0.3) is 0 Å². The maximum atomic E-state index is 12.9. The molecule has 1 aromatic carbocycles. The molecule has 0 bridgehead atoms. The minimum atomic E-state index is -1.50. The summed E-state index contributed by atoms with van der Waals surface area (Å²) in [5, 5.41) is 11.4. The van der Waals surface area contributed by atoms with Crippen molar-refractivity contribution in [1.29, 1.82) is 0 Å². The van der Waals surface area contributed by atoms with Gasteiger partial charge in [0.05, 0.1) is 26.2 Å². The highest BCUT2D eigenvalue weighted by atomic mass is 16.5. The number of aliphatic hydroxyl groups is 1. The molecule has 1 aromatic rings. The van der Waals surface area contributed by atoms with E-state index in [1.165, 1.54) is 32.4 Å². The van der Waals surface area contributed by atoms with Gasteiger partial charge < -0.3 is 14.7 Å². The smallest absolute Gasteiger partial charge is 0.343 e. The van der Waals surface area contributed by atoms with Crippen LogP contribution in [-0.2, 0) is 15.1 Å². The predicted molar refractivity (Wildman–Crippen MR) is 97.3 cm³/mol. The number of nitrogens with one attached hydrogen (secondary N) is 1. The molecule has 0 spiro atoms.